The molecule has 1 aliphatic heterocycles. The lowest BCUT2D eigenvalue weighted by Crippen LogP contribution is -2.33. The Bertz CT molecular complexity index is 769. The minimum absolute atomic E-state index is 0.00795. The Balaban J connectivity index is 2.55. The summed E-state index contributed by atoms with van der Waals surface area (Å²) in [5, 5.41) is 6.01. The summed E-state index contributed by atoms with van der Waals surface area (Å²) in [6, 6.07) is 2.14. The highest BCUT2D eigenvalue weighted by Crippen LogP contribution is 2.81. The SMILES string of the molecule is CCOP(=O)(OCC)C1(P(=O)(OCC)OCC)CC(C(=O)c2cccnc2)N=N1. The Labute approximate surface area is 170 Å². The quantitative estimate of drug-likeness (QED) is 0.334. The largest absolute Gasteiger partial charge is 0.372 e. The molecule has 1 aromatic rings. The first-order chi connectivity index (χ1) is 13.8. The number of aromatic nitrogens is 1. The molecule has 0 amide bonds. The summed E-state index contributed by atoms with van der Waals surface area (Å²) < 4.78 is 49.4. The van der Waals surface area contributed by atoms with Gasteiger partial charge in [-0.25, -0.2) is 0 Å². The highest BCUT2D eigenvalue weighted by Gasteiger charge is 2.69. The molecule has 2 heterocycles. The number of hydrogen-bond donors (Lipinski definition) is 0. The third-order valence-electron chi connectivity index (χ3n) is 4.15. The number of hydrogen-bond acceptors (Lipinski definition) is 10. The Morgan fingerprint density at radius 2 is 1.55 bits per heavy atom. The van der Waals surface area contributed by atoms with E-state index in [1.54, 1.807) is 39.8 Å². The van der Waals surface area contributed by atoms with E-state index in [9.17, 15) is 13.9 Å². The highest BCUT2D eigenvalue weighted by molar-refractivity contribution is 7.74. The van der Waals surface area contributed by atoms with Crippen LogP contribution < -0.4 is 0 Å². The lowest BCUT2D eigenvalue weighted by atomic mass is 10.0. The Morgan fingerprint density at radius 3 is 1.97 bits per heavy atom. The second-order valence-corrected chi connectivity index (χ2v) is 10.8. The van der Waals surface area contributed by atoms with Crippen molar-refractivity contribution in [3.63, 3.8) is 0 Å². The Morgan fingerprint density at radius 1 is 1.03 bits per heavy atom. The van der Waals surface area contributed by atoms with Crippen molar-refractivity contribution in [1.82, 2.24) is 4.98 Å². The number of ketones is 1. The molecule has 1 atom stereocenters. The molecule has 10 nitrogen and oxygen atoms in total. The molecule has 0 aliphatic carbocycles. The zero-order chi connectivity index (χ0) is 21.5. The van der Waals surface area contributed by atoms with Crippen LogP contribution in [0.1, 0.15) is 44.5 Å². The summed E-state index contributed by atoms with van der Waals surface area (Å²) >= 11 is 0. The first-order valence-electron chi connectivity index (χ1n) is 9.47. The van der Waals surface area contributed by atoms with Gasteiger partial charge in [0.2, 0.25) is 0 Å². The first kappa shape index (κ1) is 24.0. The van der Waals surface area contributed by atoms with Crippen LogP contribution >= 0.6 is 15.2 Å². The van der Waals surface area contributed by atoms with Crippen molar-refractivity contribution < 1.29 is 32.0 Å². The maximum Gasteiger partial charge on any atom is 0.372 e. The molecule has 0 radical (unpaired) electrons. The van der Waals surface area contributed by atoms with Crippen molar-refractivity contribution in [3.05, 3.63) is 30.1 Å². The molecule has 0 saturated heterocycles. The summed E-state index contributed by atoms with van der Waals surface area (Å²) in [6.45, 7) is 6.52. The number of rotatable bonds is 12. The Kier molecular flexibility index (Phi) is 8.40. The number of carbonyl (C=O) groups excluding carboxylic acids is 1. The number of carbonyl (C=O) groups is 1. The summed E-state index contributed by atoms with van der Waals surface area (Å²) in [6.07, 6.45) is 2.64. The van der Waals surface area contributed by atoms with Gasteiger partial charge in [0.25, 0.3) is 5.02 Å². The fourth-order valence-electron chi connectivity index (χ4n) is 3.00. The molecule has 0 saturated carbocycles. The number of azo groups is 1. The van der Waals surface area contributed by atoms with Gasteiger partial charge in [0.15, 0.2) is 5.78 Å². The topological polar surface area (TPSA) is 126 Å². The van der Waals surface area contributed by atoms with Crippen LogP contribution in [0.5, 0.6) is 0 Å². The van der Waals surface area contributed by atoms with Crippen LogP contribution in [0.4, 0.5) is 0 Å². The van der Waals surface area contributed by atoms with Gasteiger partial charge in [-0.05, 0) is 39.8 Å². The summed E-state index contributed by atoms with van der Waals surface area (Å²) in [5.41, 5.74) is 0.303. The number of pyridine rings is 1. The minimum Gasteiger partial charge on any atom is -0.307 e. The summed E-state index contributed by atoms with van der Waals surface area (Å²) in [7, 11) is -8.38. The predicted molar refractivity (Wildman–Crippen MR) is 106 cm³/mol. The van der Waals surface area contributed by atoms with Gasteiger partial charge in [-0.1, -0.05) is 0 Å². The van der Waals surface area contributed by atoms with Gasteiger partial charge in [-0.15, -0.1) is 0 Å². The van der Waals surface area contributed by atoms with Crippen LogP contribution in [0.2, 0.25) is 0 Å². The maximum atomic E-state index is 13.8. The van der Waals surface area contributed by atoms with Crippen LogP contribution in [-0.4, -0.2) is 48.3 Å². The molecule has 29 heavy (non-hydrogen) atoms. The molecule has 1 unspecified atom stereocenters. The standard InChI is InChI=1S/C17H27N3O7P2/c1-5-24-28(22,25-6-2)17(29(23,26-7-3)27-8-4)12-15(19-20-17)16(21)14-10-9-11-18-13-14/h9-11,13,15H,5-8,12H2,1-4H3. The smallest absolute Gasteiger partial charge is 0.307 e. The molecule has 0 bridgehead atoms. The van der Waals surface area contributed by atoms with Crippen molar-refractivity contribution in [1.29, 1.82) is 0 Å². The van der Waals surface area contributed by atoms with E-state index in [2.05, 4.69) is 15.2 Å². The lowest BCUT2D eigenvalue weighted by Gasteiger charge is -2.36. The fraction of sp³-hybridized carbons (Fsp3) is 0.647. The van der Waals surface area contributed by atoms with E-state index >= 15 is 0 Å². The van der Waals surface area contributed by atoms with Crippen LogP contribution in [-0.2, 0) is 27.2 Å². The van der Waals surface area contributed by atoms with Gasteiger partial charge in [0, 0.05) is 24.4 Å². The monoisotopic (exact) mass is 447 g/mol. The van der Waals surface area contributed by atoms with Gasteiger partial charge < -0.3 is 18.1 Å². The van der Waals surface area contributed by atoms with Gasteiger partial charge in [-0.3, -0.25) is 18.9 Å². The van der Waals surface area contributed by atoms with Gasteiger partial charge in [-0.2, -0.15) is 10.2 Å². The van der Waals surface area contributed by atoms with E-state index < -0.39 is 32.0 Å². The fourth-order valence-corrected chi connectivity index (χ4v) is 8.34. The van der Waals surface area contributed by atoms with E-state index in [4.69, 9.17) is 18.1 Å². The van der Waals surface area contributed by atoms with E-state index in [1.165, 1.54) is 12.4 Å². The van der Waals surface area contributed by atoms with Crippen molar-refractivity contribution in [2.24, 2.45) is 10.2 Å². The number of Topliss-reactive ketones (excluding diaryl/α,β-unsaturated/α-hetero) is 1. The molecule has 0 fully saturated rings. The molecular weight excluding hydrogens is 420 g/mol. The normalized spacial score (nSPS) is 18.8. The zero-order valence-corrected chi connectivity index (χ0v) is 18.8. The molecule has 0 spiro atoms. The predicted octanol–water partition coefficient (Wildman–Crippen LogP) is 4.67. The van der Waals surface area contributed by atoms with Gasteiger partial charge in [0.1, 0.15) is 6.04 Å². The minimum atomic E-state index is -4.19. The zero-order valence-electron chi connectivity index (χ0n) is 17.0. The van der Waals surface area contributed by atoms with Crippen molar-refractivity contribution in [2.75, 3.05) is 26.4 Å². The highest BCUT2D eigenvalue weighted by atomic mass is 31.2. The first-order valence-corrected chi connectivity index (χ1v) is 12.6. The van der Waals surface area contributed by atoms with Crippen LogP contribution in [0.3, 0.4) is 0 Å². The van der Waals surface area contributed by atoms with Crippen molar-refractivity contribution in [3.8, 4) is 0 Å². The average Bonchev–Trinajstić information content (AvgIpc) is 3.17. The Hall–Kier alpha value is -1.28. The number of nitrogens with zero attached hydrogens (tertiary/aromatic N) is 3. The molecule has 0 N–H and O–H groups in total. The van der Waals surface area contributed by atoms with Gasteiger partial charge >= 0.3 is 15.2 Å². The van der Waals surface area contributed by atoms with E-state index in [0.717, 1.165) is 0 Å². The van der Waals surface area contributed by atoms with Crippen LogP contribution in [0, 0.1) is 0 Å². The third-order valence-corrected chi connectivity index (χ3v) is 10.3. The molecule has 2 rings (SSSR count). The van der Waals surface area contributed by atoms with Crippen LogP contribution in [0.15, 0.2) is 34.8 Å². The average molecular weight is 447 g/mol. The maximum absolute atomic E-state index is 13.8. The second kappa shape index (κ2) is 10.2. The molecule has 162 valence electrons. The third kappa shape index (κ3) is 4.58. The van der Waals surface area contributed by atoms with Crippen LogP contribution in [0.25, 0.3) is 0 Å². The van der Waals surface area contributed by atoms with Crippen molar-refractivity contribution in [2.45, 2.75) is 45.2 Å². The van der Waals surface area contributed by atoms with E-state index in [-0.39, 0.29) is 32.8 Å². The molecular formula is C17H27N3O7P2. The molecule has 1 aliphatic rings. The van der Waals surface area contributed by atoms with E-state index in [1.807, 2.05) is 0 Å². The molecule has 12 heteroatoms. The second-order valence-electron chi connectivity index (χ2n) is 5.98. The van der Waals surface area contributed by atoms with E-state index in [0.29, 0.717) is 5.56 Å². The summed E-state index contributed by atoms with van der Waals surface area (Å²) in [4.78, 5) is 16.8. The molecule has 0 aromatic carbocycles. The molecule has 1 aromatic heterocycles. The summed E-state index contributed by atoms with van der Waals surface area (Å²) in [5.74, 6) is -0.400. The van der Waals surface area contributed by atoms with Crippen molar-refractivity contribution >= 4 is 21.0 Å². The van der Waals surface area contributed by atoms with Gasteiger partial charge in [0.05, 0.1) is 26.4 Å². The lowest BCUT2D eigenvalue weighted by molar-refractivity contribution is 0.0959.